The van der Waals surface area contributed by atoms with E-state index in [4.69, 9.17) is 10.5 Å². The van der Waals surface area contributed by atoms with Crippen LogP contribution in [0.15, 0.2) is 43.1 Å². The van der Waals surface area contributed by atoms with E-state index in [0.29, 0.717) is 16.9 Å². The third kappa shape index (κ3) is 3.12. The molecule has 4 atom stereocenters. The summed E-state index contributed by atoms with van der Waals surface area (Å²) in [7, 11) is 2.03. The minimum absolute atomic E-state index is 0.258. The highest BCUT2D eigenvalue weighted by atomic mass is 32.2. The molecule has 0 saturated carbocycles. The van der Waals surface area contributed by atoms with Gasteiger partial charge in [0.1, 0.15) is 24.1 Å². The topological polar surface area (TPSA) is 124 Å². The van der Waals surface area contributed by atoms with Crippen molar-refractivity contribution in [3.05, 3.63) is 48.7 Å². The fraction of sp³-hybridized carbons (Fsp3) is 0.350. The Kier molecular flexibility index (Phi) is 4.86. The van der Waals surface area contributed by atoms with Crippen LogP contribution in [0.2, 0.25) is 0 Å². The van der Waals surface area contributed by atoms with Gasteiger partial charge in [-0.1, -0.05) is 18.2 Å². The number of aryl methyl sites for hydroxylation is 1. The van der Waals surface area contributed by atoms with Gasteiger partial charge in [-0.3, -0.25) is 4.57 Å². The minimum Gasteiger partial charge on any atom is -0.387 e. The molecule has 0 spiro atoms. The average molecular weight is 427 g/mol. The molecular formula is C20H22N6O3S. The predicted octanol–water partition coefficient (Wildman–Crippen LogP) is 1.45. The smallest absolute Gasteiger partial charge is 0.167 e. The number of aliphatic hydroxyl groups is 2. The van der Waals surface area contributed by atoms with Crippen molar-refractivity contribution in [2.24, 2.45) is 7.05 Å². The highest BCUT2D eigenvalue weighted by Gasteiger charge is 2.44. The lowest BCUT2D eigenvalue weighted by molar-refractivity contribution is -0.0289. The summed E-state index contributed by atoms with van der Waals surface area (Å²) in [5.41, 5.74) is 9.16. The lowest BCUT2D eigenvalue weighted by Crippen LogP contribution is -2.32. The van der Waals surface area contributed by atoms with Crippen molar-refractivity contribution in [2.45, 2.75) is 30.3 Å². The standard InChI is InChI=1S/C20H22N6O3S/c1-25-6-11(12-4-2-3-5-13(12)25)7-30-8-14-16(27)17(28)20(29-14)26-10-24-15-18(21)22-9-23-19(15)26/h2-6,9-10,14,16-17,20,27-28H,7-8H2,1H3,(H2,21,22,23)/t14-,16-,17-,20-/m1/s1. The number of nitrogens with zero attached hydrogens (tertiary/aromatic N) is 5. The lowest BCUT2D eigenvalue weighted by Gasteiger charge is -2.16. The summed E-state index contributed by atoms with van der Waals surface area (Å²) in [6.45, 7) is 0. The first-order valence-corrected chi connectivity index (χ1v) is 10.8. The van der Waals surface area contributed by atoms with Crippen LogP contribution in [0.3, 0.4) is 0 Å². The van der Waals surface area contributed by atoms with Crippen molar-refractivity contribution in [3.63, 3.8) is 0 Å². The van der Waals surface area contributed by atoms with Gasteiger partial charge in [0.25, 0.3) is 0 Å². The van der Waals surface area contributed by atoms with Gasteiger partial charge in [0.15, 0.2) is 17.7 Å². The summed E-state index contributed by atoms with van der Waals surface area (Å²) in [4.78, 5) is 12.3. The highest BCUT2D eigenvalue weighted by Crippen LogP contribution is 2.34. The Labute approximate surface area is 176 Å². The molecule has 1 aromatic carbocycles. The molecular weight excluding hydrogens is 404 g/mol. The molecule has 10 heteroatoms. The number of hydrogen-bond donors (Lipinski definition) is 3. The van der Waals surface area contributed by atoms with Crippen LogP contribution < -0.4 is 5.73 Å². The number of imidazole rings is 1. The Morgan fingerprint density at radius 2 is 2.00 bits per heavy atom. The molecule has 5 rings (SSSR count). The van der Waals surface area contributed by atoms with Gasteiger partial charge >= 0.3 is 0 Å². The fourth-order valence-electron chi connectivity index (χ4n) is 3.98. The molecule has 0 aliphatic carbocycles. The van der Waals surface area contributed by atoms with Gasteiger partial charge in [-0.15, -0.1) is 0 Å². The number of thioether (sulfide) groups is 1. The maximum Gasteiger partial charge on any atom is 0.167 e. The van der Waals surface area contributed by atoms with Gasteiger partial charge in [0, 0.05) is 35.7 Å². The highest BCUT2D eigenvalue weighted by molar-refractivity contribution is 7.98. The molecule has 3 aromatic heterocycles. The maximum atomic E-state index is 10.6. The molecule has 1 fully saturated rings. The molecule has 1 saturated heterocycles. The number of anilines is 1. The van der Waals surface area contributed by atoms with Crippen molar-refractivity contribution in [1.82, 2.24) is 24.1 Å². The van der Waals surface area contributed by atoms with E-state index in [1.54, 1.807) is 16.3 Å². The number of benzene rings is 1. The Bertz CT molecular complexity index is 1210. The molecule has 4 N–H and O–H groups in total. The molecule has 0 radical (unpaired) electrons. The monoisotopic (exact) mass is 426 g/mol. The summed E-state index contributed by atoms with van der Waals surface area (Å²) in [6, 6.07) is 8.28. The Morgan fingerprint density at radius 1 is 1.17 bits per heavy atom. The summed E-state index contributed by atoms with van der Waals surface area (Å²) >= 11 is 1.66. The van der Waals surface area contributed by atoms with Gasteiger partial charge in [-0.05, 0) is 11.6 Å². The number of fused-ring (bicyclic) bond motifs is 2. The van der Waals surface area contributed by atoms with Gasteiger partial charge in [0.2, 0.25) is 0 Å². The van der Waals surface area contributed by atoms with Crippen molar-refractivity contribution < 1.29 is 14.9 Å². The van der Waals surface area contributed by atoms with Crippen LogP contribution >= 0.6 is 11.8 Å². The number of ether oxygens (including phenoxy) is 1. The molecule has 4 heterocycles. The Morgan fingerprint density at radius 3 is 2.87 bits per heavy atom. The number of nitrogens with two attached hydrogens (primary N) is 1. The van der Waals surface area contributed by atoms with Gasteiger partial charge < -0.3 is 25.3 Å². The third-order valence-corrected chi connectivity index (χ3v) is 6.60. The van der Waals surface area contributed by atoms with Crippen molar-refractivity contribution in [3.8, 4) is 0 Å². The van der Waals surface area contributed by atoms with Crippen molar-refractivity contribution >= 4 is 39.6 Å². The molecule has 1 aliphatic rings. The Hall–Kier alpha value is -2.66. The number of nitrogen functional groups attached to an aromatic ring is 1. The van der Waals surface area contributed by atoms with Crippen molar-refractivity contribution in [1.29, 1.82) is 0 Å². The van der Waals surface area contributed by atoms with E-state index in [0.717, 1.165) is 5.75 Å². The normalized spacial score (nSPS) is 24.2. The molecule has 9 nitrogen and oxygen atoms in total. The van der Waals surface area contributed by atoms with Gasteiger partial charge in [0.05, 0.1) is 12.4 Å². The zero-order valence-corrected chi connectivity index (χ0v) is 17.1. The number of hydrogen-bond acceptors (Lipinski definition) is 8. The van der Waals surface area contributed by atoms with Crippen LogP contribution in [0.1, 0.15) is 11.8 Å². The fourth-order valence-corrected chi connectivity index (χ4v) is 5.05. The van der Waals surface area contributed by atoms with Crippen LogP contribution in [-0.2, 0) is 17.5 Å². The first-order valence-electron chi connectivity index (χ1n) is 9.60. The number of aliphatic hydroxyl groups excluding tert-OH is 2. The first-order chi connectivity index (χ1) is 14.5. The predicted molar refractivity (Wildman–Crippen MR) is 115 cm³/mol. The van der Waals surface area contributed by atoms with E-state index in [1.165, 1.54) is 29.1 Å². The maximum absolute atomic E-state index is 10.6. The van der Waals surface area contributed by atoms with Crippen LogP contribution in [0.4, 0.5) is 5.82 Å². The molecule has 1 aliphatic heterocycles. The zero-order chi connectivity index (χ0) is 20.8. The first kappa shape index (κ1) is 19.3. The largest absolute Gasteiger partial charge is 0.387 e. The molecule has 0 bridgehead atoms. The molecule has 0 amide bonds. The van der Waals surface area contributed by atoms with Crippen LogP contribution in [-0.4, -0.2) is 58.4 Å². The second kappa shape index (κ2) is 7.55. The molecule has 4 aromatic rings. The second-order valence-corrected chi connectivity index (χ2v) is 8.46. The van der Waals surface area contributed by atoms with Gasteiger partial charge in [-0.25, -0.2) is 15.0 Å². The average Bonchev–Trinajstić information content (AvgIpc) is 3.40. The SMILES string of the molecule is Cn1cc(CSC[C@H]2O[C@@H](n3cnc4c(N)ncnc43)[C@H](O)[C@@H]2O)c2ccccc21. The summed E-state index contributed by atoms with van der Waals surface area (Å²) in [6.07, 6.45) is 1.56. The van der Waals surface area contributed by atoms with E-state index >= 15 is 0 Å². The number of para-hydroxylation sites is 1. The van der Waals surface area contributed by atoms with Crippen LogP contribution in [0.5, 0.6) is 0 Å². The van der Waals surface area contributed by atoms with E-state index in [-0.39, 0.29) is 5.82 Å². The second-order valence-electron chi connectivity index (χ2n) is 7.43. The lowest BCUT2D eigenvalue weighted by atomic mass is 10.1. The van der Waals surface area contributed by atoms with Gasteiger partial charge in [-0.2, -0.15) is 11.8 Å². The van der Waals surface area contributed by atoms with Crippen LogP contribution in [0, 0.1) is 0 Å². The van der Waals surface area contributed by atoms with Crippen LogP contribution in [0.25, 0.3) is 22.1 Å². The molecule has 156 valence electrons. The zero-order valence-electron chi connectivity index (χ0n) is 16.3. The Balaban J connectivity index is 1.29. The van der Waals surface area contributed by atoms with E-state index in [1.807, 2.05) is 19.2 Å². The molecule has 30 heavy (non-hydrogen) atoms. The minimum atomic E-state index is -1.10. The van der Waals surface area contributed by atoms with E-state index < -0.39 is 24.5 Å². The molecule has 0 unspecified atom stereocenters. The number of aromatic nitrogens is 5. The van der Waals surface area contributed by atoms with Crippen molar-refractivity contribution in [2.75, 3.05) is 11.5 Å². The van der Waals surface area contributed by atoms with E-state index in [9.17, 15) is 10.2 Å². The third-order valence-electron chi connectivity index (χ3n) is 5.52. The summed E-state index contributed by atoms with van der Waals surface area (Å²) < 4.78 is 9.71. The quantitative estimate of drug-likeness (QED) is 0.438. The van der Waals surface area contributed by atoms with E-state index in [2.05, 4.69) is 37.8 Å². The summed E-state index contributed by atoms with van der Waals surface area (Å²) in [5, 5.41) is 22.3. The number of rotatable bonds is 5. The summed E-state index contributed by atoms with van der Waals surface area (Å²) in [5.74, 6) is 1.59.